The summed E-state index contributed by atoms with van der Waals surface area (Å²) >= 11 is 9.52. The Hall–Kier alpha value is -2.76. The number of hydrogen-bond donors (Lipinski definition) is 1. The van der Waals surface area contributed by atoms with Crippen LogP contribution < -0.4 is 9.47 Å². The van der Waals surface area contributed by atoms with Crippen molar-refractivity contribution >= 4 is 39.4 Å². The second-order valence-corrected chi connectivity index (χ2v) is 7.49. The lowest BCUT2D eigenvalue weighted by atomic mass is 10.1. The third kappa shape index (κ3) is 5.62. The Balaban J connectivity index is 1.78. The minimum Gasteiger partial charge on any atom is -0.508 e. The van der Waals surface area contributed by atoms with Crippen LogP contribution in [0.5, 0.6) is 17.2 Å². The second kappa shape index (κ2) is 9.63. The van der Waals surface area contributed by atoms with Gasteiger partial charge in [0.2, 0.25) is 0 Å². The summed E-state index contributed by atoms with van der Waals surface area (Å²) in [7, 11) is 1.55. The third-order valence-corrected chi connectivity index (χ3v) is 4.91. The van der Waals surface area contributed by atoms with Crippen molar-refractivity contribution in [1.29, 1.82) is 0 Å². The molecule has 0 atom stereocenters. The SMILES string of the molecule is COc1cc(C=CC(=O)c2cccc(O)c2)cc(Br)c1OCc1cccc(Cl)c1. The van der Waals surface area contributed by atoms with E-state index in [0.29, 0.717) is 33.2 Å². The molecule has 0 amide bonds. The first-order valence-corrected chi connectivity index (χ1v) is 9.89. The Morgan fingerprint density at radius 2 is 1.93 bits per heavy atom. The molecule has 0 radical (unpaired) electrons. The van der Waals surface area contributed by atoms with E-state index in [0.717, 1.165) is 11.1 Å². The molecule has 3 aromatic carbocycles. The molecule has 3 rings (SSSR count). The predicted molar refractivity (Wildman–Crippen MR) is 118 cm³/mol. The van der Waals surface area contributed by atoms with Crippen LogP contribution in [0.15, 0.2) is 71.2 Å². The number of aromatic hydroxyl groups is 1. The van der Waals surface area contributed by atoms with E-state index >= 15 is 0 Å². The number of halogens is 2. The number of ketones is 1. The van der Waals surface area contributed by atoms with Crippen LogP contribution in [0.3, 0.4) is 0 Å². The molecule has 0 saturated carbocycles. The van der Waals surface area contributed by atoms with Gasteiger partial charge in [0.25, 0.3) is 0 Å². The summed E-state index contributed by atoms with van der Waals surface area (Å²) < 4.78 is 12.1. The lowest BCUT2D eigenvalue weighted by molar-refractivity contribution is 0.104. The van der Waals surface area contributed by atoms with Gasteiger partial charge in [0, 0.05) is 10.6 Å². The normalized spacial score (nSPS) is 10.9. The van der Waals surface area contributed by atoms with Crippen LogP contribution in [-0.2, 0) is 6.61 Å². The Bertz CT molecular complexity index is 1060. The molecule has 0 aliphatic rings. The Labute approximate surface area is 182 Å². The highest BCUT2D eigenvalue weighted by Gasteiger charge is 2.12. The number of phenolic OH excluding ortho intramolecular Hbond substituents is 1. The standard InChI is InChI=1S/C23H18BrClO4/c1-28-22-12-15(8-9-21(27)17-5-3-7-19(26)13-17)11-20(24)23(22)29-14-16-4-2-6-18(25)10-16/h2-13,26H,14H2,1H3. The number of phenols is 1. The van der Waals surface area contributed by atoms with Gasteiger partial charge in [-0.25, -0.2) is 0 Å². The molecule has 6 heteroatoms. The highest BCUT2D eigenvalue weighted by molar-refractivity contribution is 9.10. The van der Waals surface area contributed by atoms with Gasteiger partial charge in [-0.2, -0.15) is 0 Å². The highest BCUT2D eigenvalue weighted by Crippen LogP contribution is 2.37. The average Bonchev–Trinajstić information content (AvgIpc) is 2.70. The number of allylic oxidation sites excluding steroid dienone is 1. The molecule has 148 valence electrons. The fraction of sp³-hybridized carbons (Fsp3) is 0.0870. The fourth-order valence-electron chi connectivity index (χ4n) is 2.69. The van der Waals surface area contributed by atoms with Crippen LogP contribution in [0.4, 0.5) is 0 Å². The van der Waals surface area contributed by atoms with E-state index in [1.54, 1.807) is 37.5 Å². The van der Waals surface area contributed by atoms with E-state index in [2.05, 4.69) is 15.9 Å². The molecule has 3 aromatic rings. The molecule has 0 aliphatic heterocycles. The van der Waals surface area contributed by atoms with E-state index in [-0.39, 0.29) is 11.5 Å². The largest absolute Gasteiger partial charge is 0.508 e. The Morgan fingerprint density at radius 3 is 2.66 bits per heavy atom. The quantitative estimate of drug-likeness (QED) is 0.323. The zero-order chi connectivity index (χ0) is 20.8. The highest BCUT2D eigenvalue weighted by atomic mass is 79.9. The van der Waals surface area contributed by atoms with Crippen molar-refractivity contribution in [2.24, 2.45) is 0 Å². The molecule has 0 spiro atoms. The number of hydrogen-bond acceptors (Lipinski definition) is 4. The topological polar surface area (TPSA) is 55.8 Å². The van der Waals surface area contributed by atoms with Gasteiger partial charge in [0.1, 0.15) is 12.4 Å². The van der Waals surface area contributed by atoms with Crippen molar-refractivity contribution < 1.29 is 19.4 Å². The van der Waals surface area contributed by atoms with Crippen molar-refractivity contribution in [1.82, 2.24) is 0 Å². The molecule has 0 bridgehead atoms. The average molecular weight is 474 g/mol. The first-order valence-electron chi connectivity index (χ1n) is 8.72. The molecule has 0 aromatic heterocycles. The van der Waals surface area contributed by atoms with Gasteiger partial charge in [-0.15, -0.1) is 0 Å². The zero-order valence-corrected chi connectivity index (χ0v) is 17.9. The van der Waals surface area contributed by atoms with Crippen LogP contribution in [0.1, 0.15) is 21.5 Å². The molecule has 0 unspecified atom stereocenters. The molecule has 0 saturated heterocycles. The summed E-state index contributed by atoms with van der Waals surface area (Å²) in [4.78, 5) is 12.3. The maximum Gasteiger partial charge on any atom is 0.185 e. The summed E-state index contributed by atoms with van der Waals surface area (Å²) in [5, 5.41) is 10.2. The number of carbonyl (C=O) groups is 1. The van der Waals surface area contributed by atoms with E-state index in [1.165, 1.54) is 18.2 Å². The van der Waals surface area contributed by atoms with Gasteiger partial charge in [-0.05, 0) is 69.5 Å². The van der Waals surface area contributed by atoms with Crippen molar-refractivity contribution in [3.8, 4) is 17.2 Å². The Kier molecular flexibility index (Phi) is 6.96. The number of rotatable bonds is 7. The molecular formula is C23H18BrClO4. The van der Waals surface area contributed by atoms with Gasteiger partial charge >= 0.3 is 0 Å². The lowest BCUT2D eigenvalue weighted by Gasteiger charge is -2.14. The van der Waals surface area contributed by atoms with Gasteiger partial charge in [-0.3, -0.25) is 4.79 Å². The maximum atomic E-state index is 12.3. The first kappa shape index (κ1) is 21.0. The minimum atomic E-state index is -0.211. The number of carbonyl (C=O) groups excluding carboxylic acids is 1. The summed E-state index contributed by atoms with van der Waals surface area (Å²) in [5.74, 6) is 0.932. The monoisotopic (exact) mass is 472 g/mol. The van der Waals surface area contributed by atoms with Crippen molar-refractivity contribution in [3.63, 3.8) is 0 Å². The second-order valence-electron chi connectivity index (χ2n) is 6.20. The van der Waals surface area contributed by atoms with Crippen LogP contribution >= 0.6 is 27.5 Å². The zero-order valence-electron chi connectivity index (χ0n) is 15.6. The van der Waals surface area contributed by atoms with E-state index in [4.69, 9.17) is 21.1 Å². The Morgan fingerprint density at radius 1 is 1.14 bits per heavy atom. The smallest absolute Gasteiger partial charge is 0.185 e. The van der Waals surface area contributed by atoms with Crippen molar-refractivity contribution in [2.45, 2.75) is 6.61 Å². The van der Waals surface area contributed by atoms with E-state index < -0.39 is 0 Å². The molecule has 0 heterocycles. The third-order valence-electron chi connectivity index (χ3n) is 4.08. The van der Waals surface area contributed by atoms with Crippen LogP contribution in [0.25, 0.3) is 6.08 Å². The number of benzene rings is 3. The van der Waals surface area contributed by atoms with E-state index in [9.17, 15) is 9.90 Å². The molecule has 1 N–H and O–H groups in total. The van der Waals surface area contributed by atoms with Crippen LogP contribution in [-0.4, -0.2) is 18.0 Å². The summed E-state index contributed by atoms with van der Waals surface area (Å²) in [5.41, 5.74) is 2.11. The van der Waals surface area contributed by atoms with Gasteiger partial charge in [0.05, 0.1) is 11.6 Å². The van der Waals surface area contributed by atoms with E-state index in [1.807, 2.05) is 24.3 Å². The van der Waals surface area contributed by atoms with Crippen LogP contribution in [0.2, 0.25) is 5.02 Å². The fourth-order valence-corrected chi connectivity index (χ4v) is 3.47. The first-order chi connectivity index (χ1) is 14.0. The maximum absolute atomic E-state index is 12.3. The summed E-state index contributed by atoms with van der Waals surface area (Å²) in [6.07, 6.45) is 3.13. The summed E-state index contributed by atoms with van der Waals surface area (Å²) in [6, 6.07) is 17.3. The van der Waals surface area contributed by atoms with Crippen molar-refractivity contribution in [2.75, 3.05) is 7.11 Å². The predicted octanol–water partition coefficient (Wildman–Crippen LogP) is 6.29. The number of methoxy groups -OCH3 is 1. The summed E-state index contributed by atoms with van der Waals surface area (Å²) in [6.45, 7) is 0.334. The molecule has 0 aliphatic carbocycles. The van der Waals surface area contributed by atoms with Crippen LogP contribution in [0, 0.1) is 0 Å². The van der Waals surface area contributed by atoms with Gasteiger partial charge < -0.3 is 14.6 Å². The minimum absolute atomic E-state index is 0.0508. The molecule has 4 nitrogen and oxygen atoms in total. The lowest BCUT2D eigenvalue weighted by Crippen LogP contribution is -1.99. The van der Waals surface area contributed by atoms with Gasteiger partial charge in [-0.1, -0.05) is 41.9 Å². The number of ether oxygens (including phenoxy) is 2. The molecule has 29 heavy (non-hydrogen) atoms. The van der Waals surface area contributed by atoms with Gasteiger partial charge in [0.15, 0.2) is 17.3 Å². The molecular weight excluding hydrogens is 456 g/mol. The molecule has 0 fully saturated rings. The van der Waals surface area contributed by atoms with Crippen molar-refractivity contribution in [3.05, 3.63) is 92.9 Å².